The minimum atomic E-state index is 0.171. The number of nitrogens with one attached hydrogen (secondary N) is 1. The van der Waals surface area contributed by atoms with Gasteiger partial charge in [0.15, 0.2) is 0 Å². The molecule has 20 heavy (non-hydrogen) atoms. The lowest BCUT2D eigenvalue weighted by Gasteiger charge is -2.20. The van der Waals surface area contributed by atoms with Crippen molar-refractivity contribution in [1.29, 1.82) is 0 Å². The van der Waals surface area contributed by atoms with Gasteiger partial charge >= 0.3 is 0 Å². The van der Waals surface area contributed by atoms with Crippen molar-refractivity contribution in [2.45, 2.75) is 13.0 Å². The van der Waals surface area contributed by atoms with Crippen LogP contribution >= 0.6 is 0 Å². The van der Waals surface area contributed by atoms with Crippen LogP contribution < -0.4 is 5.32 Å². The zero-order valence-corrected chi connectivity index (χ0v) is 12.1. The fourth-order valence-corrected chi connectivity index (χ4v) is 2.28. The van der Waals surface area contributed by atoms with Crippen LogP contribution in [0.1, 0.15) is 18.5 Å². The first-order valence-corrected chi connectivity index (χ1v) is 7.00. The van der Waals surface area contributed by atoms with Crippen molar-refractivity contribution in [3.63, 3.8) is 0 Å². The number of aromatic nitrogens is 1. The van der Waals surface area contributed by atoms with Crippen molar-refractivity contribution in [3.8, 4) is 0 Å². The molecular formula is C16H22N2O2. The third kappa shape index (κ3) is 3.76. The Morgan fingerprint density at radius 3 is 2.90 bits per heavy atom. The lowest BCUT2D eigenvalue weighted by Crippen LogP contribution is -2.26. The smallest absolute Gasteiger partial charge is 0.0705 e. The van der Waals surface area contributed by atoms with Crippen molar-refractivity contribution >= 4 is 10.9 Å². The van der Waals surface area contributed by atoms with Gasteiger partial charge in [-0.15, -0.1) is 0 Å². The summed E-state index contributed by atoms with van der Waals surface area (Å²) in [6.45, 7) is 4.86. The molecule has 108 valence electrons. The van der Waals surface area contributed by atoms with Crippen molar-refractivity contribution in [2.75, 3.05) is 33.5 Å². The normalized spacial score (nSPS) is 12.7. The van der Waals surface area contributed by atoms with E-state index in [0.717, 1.165) is 12.1 Å². The van der Waals surface area contributed by atoms with E-state index in [4.69, 9.17) is 9.47 Å². The molecule has 4 nitrogen and oxygen atoms in total. The minimum Gasteiger partial charge on any atom is -0.382 e. The van der Waals surface area contributed by atoms with Crippen molar-refractivity contribution < 1.29 is 9.47 Å². The Labute approximate surface area is 120 Å². The van der Waals surface area contributed by atoms with E-state index in [-0.39, 0.29) is 6.04 Å². The second kappa shape index (κ2) is 7.94. The summed E-state index contributed by atoms with van der Waals surface area (Å²) in [5.74, 6) is 0. The van der Waals surface area contributed by atoms with Gasteiger partial charge in [0, 0.05) is 18.7 Å². The Morgan fingerprint density at radius 2 is 2.10 bits per heavy atom. The first-order valence-electron chi connectivity index (χ1n) is 7.00. The van der Waals surface area contributed by atoms with Crippen LogP contribution in [0.2, 0.25) is 0 Å². The Bertz CT molecular complexity index is 525. The molecule has 1 heterocycles. The largest absolute Gasteiger partial charge is 0.382 e. The zero-order valence-electron chi connectivity index (χ0n) is 12.1. The number of likely N-dealkylation sites (N-methyl/N-ethyl adjacent to an activating group) is 1. The second-order valence-corrected chi connectivity index (χ2v) is 4.60. The van der Waals surface area contributed by atoms with Gasteiger partial charge < -0.3 is 14.8 Å². The quantitative estimate of drug-likeness (QED) is 0.751. The summed E-state index contributed by atoms with van der Waals surface area (Å²) in [6.07, 6.45) is 1.82. The molecule has 0 fully saturated rings. The van der Waals surface area contributed by atoms with Gasteiger partial charge in [0.2, 0.25) is 0 Å². The van der Waals surface area contributed by atoms with Gasteiger partial charge in [-0.3, -0.25) is 4.98 Å². The fourth-order valence-electron chi connectivity index (χ4n) is 2.28. The number of benzene rings is 1. The molecule has 0 spiro atoms. The average Bonchev–Trinajstić information content (AvgIpc) is 2.50. The van der Waals surface area contributed by atoms with E-state index >= 15 is 0 Å². The third-order valence-electron chi connectivity index (χ3n) is 3.22. The van der Waals surface area contributed by atoms with Crippen molar-refractivity contribution in [1.82, 2.24) is 10.3 Å². The van der Waals surface area contributed by atoms with Gasteiger partial charge in [-0.05, 0) is 24.2 Å². The number of methoxy groups -OCH3 is 1. The Balaban J connectivity index is 2.18. The van der Waals surface area contributed by atoms with Crippen LogP contribution in [-0.4, -0.2) is 38.5 Å². The molecule has 1 aromatic heterocycles. The first kappa shape index (κ1) is 14.9. The van der Waals surface area contributed by atoms with Crippen LogP contribution in [0.25, 0.3) is 10.9 Å². The Kier molecular flexibility index (Phi) is 5.92. The van der Waals surface area contributed by atoms with E-state index in [1.54, 1.807) is 7.11 Å². The van der Waals surface area contributed by atoms with Gasteiger partial charge in [0.1, 0.15) is 0 Å². The molecule has 1 unspecified atom stereocenters. The topological polar surface area (TPSA) is 43.4 Å². The molecule has 1 atom stereocenters. The fraction of sp³-hybridized carbons (Fsp3) is 0.438. The molecule has 1 aromatic carbocycles. The highest BCUT2D eigenvalue weighted by Gasteiger charge is 2.13. The molecule has 0 aliphatic rings. The molecule has 2 aromatic rings. The maximum absolute atomic E-state index is 5.68. The maximum Gasteiger partial charge on any atom is 0.0705 e. The molecule has 0 saturated carbocycles. The number of rotatable bonds is 8. The van der Waals surface area contributed by atoms with Crippen LogP contribution in [0.5, 0.6) is 0 Å². The summed E-state index contributed by atoms with van der Waals surface area (Å²) >= 11 is 0. The Hall–Kier alpha value is -1.49. The predicted molar refractivity (Wildman–Crippen MR) is 80.9 cm³/mol. The zero-order chi connectivity index (χ0) is 14.2. The lowest BCUT2D eigenvalue weighted by atomic mass is 10.0. The van der Waals surface area contributed by atoms with Crippen LogP contribution in [-0.2, 0) is 9.47 Å². The summed E-state index contributed by atoms with van der Waals surface area (Å²) in [7, 11) is 1.68. The first-order chi connectivity index (χ1) is 9.86. The molecule has 2 rings (SSSR count). The second-order valence-electron chi connectivity index (χ2n) is 4.60. The lowest BCUT2D eigenvalue weighted by molar-refractivity contribution is 0.0590. The van der Waals surface area contributed by atoms with Crippen LogP contribution in [0.4, 0.5) is 0 Å². The van der Waals surface area contributed by atoms with Crippen LogP contribution in [0.3, 0.4) is 0 Å². The standard InChI is InChI=1S/C16H22N2O2/c1-3-17-16(12-20-11-10-19-2)14-6-4-8-15-13(14)7-5-9-18-15/h4-9,16-17H,3,10-12H2,1-2H3. The highest BCUT2D eigenvalue weighted by Crippen LogP contribution is 2.23. The van der Waals surface area contributed by atoms with Crippen molar-refractivity contribution in [3.05, 3.63) is 42.1 Å². The van der Waals surface area contributed by atoms with Crippen LogP contribution in [0.15, 0.2) is 36.5 Å². The molecule has 4 heteroatoms. The van der Waals surface area contributed by atoms with Gasteiger partial charge in [0.05, 0.1) is 31.4 Å². The SMILES string of the molecule is CCNC(COCCOC)c1cccc2ncccc12. The van der Waals surface area contributed by atoms with Gasteiger partial charge in [-0.1, -0.05) is 25.1 Å². The highest BCUT2D eigenvalue weighted by atomic mass is 16.5. The number of fused-ring (bicyclic) bond motifs is 1. The number of hydrogen-bond acceptors (Lipinski definition) is 4. The van der Waals surface area contributed by atoms with E-state index in [1.165, 1.54) is 10.9 Å². The summed E-state index contributed by atoms with van der Waals surface area (Å²) < 4.78 is 10.7. The predicted octanol–water partition coefficient (Wildman–Crippen LogP) is 2.55. The number of pyridine rings is 1. The number of hydrogen-bond donors (Lipinski definition) is 1. The summed E-state index contributed by atoms with van der Waals surface area (Å²) in [4.78, 5) is 4.41. The third-order valence-corrected chi connectivity index (χ3v) is 3.22. The van der Waals surface area contributed by atoms with E-state index in [2.05, 4.69) is 29.4 Å². The van der Waals surface area contributed by atoms with Gasteiger partial charge in [-0.2, -0.15) is 0 Å². The van der Waals surface area contributed by atoms with Crippen molar-refractivity contribution in [2.24, 2.45) is 0 Å². The number of ether oxygens (including phenoxy) is 2. The molecule has 0 bridgehead atoms. The summed E-state index contributed by atoms with van der Waals surface area (Å²) in [5.41, 5.74) is 2.25. The average molecular weight is 274 g/mol. The summed E-state index contributed by atoms with van der Waals surface area (Å²) in [6, 6.07) is 10.5. The van der Waals surface area contributed by atoms with Crippen LogP contribution in [0, 0.1) is 0 Å². The Morgan fingerprint density at radius 1 is 1.20 bits per heavy atom. The molecule has 0 saturated heterocycles. The highest BCUT2D eigenvalue weighted by molar-refractivity contribution is 5.82. The van der Waals surface area contributed by atoms with E-state index in [0.29, 0.717) is 19.8 Å². The molecule has 0 radical (unpaired) electrons. The van der Waals surface area contributed by atoms with E-state index < -0.39 is 0 Å². The molecule has 0 aliphatic heterocycles. The van der Waals surface area contributed by atoms with Gasteiger partial charge in [-0.25, -0.2) is 0 Å². The van der Waals surface area contributed by atoms with E-state index in [9.17, 15) is 0 Å². The molecule has 1 N–H and O–H groups in total. The molecule has 0 amide bonds. The summed E-state index contributed by atoms with van der Waals surface area (Å²) in [5, 5.41) is 4.65. The van der Waals surface area contributed by atoms with E-state index in [1.807, 2.05) is 24.4 Å². The molecule has 0 aliphatic carbocycles. The monoisotopic (exact) mass is 274 g/mol. The number of nitrogens with zero attached hydrogens (tertiary/aromatic N) is 1. The molecular weight excluding hydrogens is 252 g/mol. The maximum atomic E-state index is 5.68. The minimum absolute atomic E-state index is 0.171. The van der Waals surface area contributed by atoms with Gasteiger partial charge in [0.25, 0.3) is 0 Å².